The molecule has 0 aromatic heterocycles. The van der Waals surface area contributed by atoms with Crippen LogP contribution >= 0.6 is 0 Å². The normalized spacial score (nSPS) is 10.9. The summed E-state index contributed by atoms with van der Waals surface area (Å²) >= 11 is 0. The monoisotopic (exact) mass is 254 g/mol. The maximum Gasteiger partial charge on any atom is 0.0346 e. The van der Waals surface area contributed by atoms with Crippen LogP contribution in [0, 0.1) is 13.8 Å². The van der Waals surface area contributed by atoms with E-state index in [2.05, 4.69) is 61.3 Å². The Labute approximate surface area is 115 Å². The summed E-state index contributed by atoms with van der Waals surface area (Å²) in [6.45, 7) is 6.07. The average Bonchev–Trinajstić information content (AvgIpc) is 2.37. The standard InChI is InChI=1S/C17H22N2/c1-13-6-4-5-7-16(13)12-19(3)11-15-9-8-14(2)17(18)10-15/h4-10H,11-12,18H2,1-3H3. The maximum absolute atomic E-state index is 5.95. The van der Waals surface area contributed by atoms with Gasteiger partial charge in [-0.05, 0) is 49.2 Å². The van der Waals surface area contributed by atoms with Gasteiger partial charge in [-0.25, -0.2) is 0 Å². The molecule has 0 amide bonds. The van der Waals surface area contributed by atoms with Crippen LogP contribution in [0.4, 0.5) is 5.69 Å². The number of hydrogen-bond donors (Lipinski definition) is 1. The molecule has 0 saturated heterocycles. The van der Waals surface area contributed by atoms with Gasteiger partial charge in [-0.1, -0.05) is 36.4 Å². The fraction of sp³-hybridized carbons (Fsp3) is 0.294. The number of nitrogen functional groups attached to an aromatic ring is 1. The molecule has 0 heterocycles. The van der Waals surface area contributed by atoms with Crippen molar-refractivity contribution in [2.75, 3.05) is 12.8 Å². The molecule has 0 aliphatic rings. The number of anilines is 1. The van der Waals surface area contributed by atoms with Crippen molar-refractivity contribution in [3.05, 3.63) is 64.7 Å². The van der Waals surface area contributed by atoms with E-state index < -0.39 is 0 Å². The summed E-state index contributed by atoms with van der Waals surface area (Å²) in [5.41, 5.74) is 12.0. The molecule has 100 valence electrons. The van der Waals surface area contributed by atoms with Gasteiger partial charge in [0.1, 0.15) is 0 Å². The van der Waals surface area contributed by atoms with E-state index in [1.807, 2.05) is 6.92 Å². The lowest BCUT2D eigenvalue weighted by molar-refractivity contribution is 0.318. The third-order valence-electron chi connectivity index (χ3n) is 3.50. The Morgan fingerprint density at radius 3 is 2.37 bits per heavy atom. The number of benzene rings is 2. The summed E-state index contributed by atoms with van der Waals surface area (Å²) in [7, 11) is 2.14. The predicted molar refractivity (Wildman–Crippen MR) is 81.9 cm³/mol. The van der Waals surface area contributed by atoms with Gasteiger partial charge in [0.2, 0.25) is 0 Å². The van der Waals surface area contributed by atoms with Crippen molar-refractivity contribution in [2.24, 2.45) is 0 Å². The highest BCUT2D eigenvalue weighted by Gasteiger charge is 2.04. The Morgan fingerprint density at radius 1 is 0.947 bits per heavy atom. The lowest BCUT2D eigenvalue weighted by Gasteiger charge is -2.18. The van der Waals surface area contributed by atoms with Crippen molar-refractivity contribution in [3.8, 4) is 0 Å². The molecule has 2 nitrogen and oxygen atoms in total. The molecular weight excluding hydrogens is 232 g/mol. The van der Waals surface area contributed by atoms with E-state index in [9.17, 15) is 0 Å². The van der Waals surface area contributed by atoms with E-state index in [-0.39, 0.29) is 0 Å². The van der Waals surface area contributed by atoms with Gasteiger partial charge in [-0.15, -0.1) is 0 Å². The van der Waals surface area contributed by atoms with Crippen LogP contribution in [-0.4, -0.2) is 11.9 Å². The molecule has 0 radical (unpaired) electrons. The first-order chi connectivity index (χ1) is 9.06. The molecule has 0 fully saturated rings. The first-order valence-electron chi connectivity index (χ1n) is 6.64. The van der Waals surface area contributed by atoms with Crippen molar-refractivity contribution in [1.29, 1.82) is 0 Å². The first-order valence-corrected chi connectivity index (χ1v) is 6.64. The molecular formula is C17H22N2. The minimum Gasteiger partial charge on any atom is -0.399 e. The number of hydrogen-bond acceptors (Lipinski definition) is 2. The van der Waals surface area contributed by atoms with Gasteiger partial charge in [0.15, 0.2) is 0 Å². The van der Waals surface area contributed by atoms with Gasteiger partial charge in [-0.2, -0.15) is 0 Å². The minimum atomic E-state index is 0.877. The molecule has 0 atom stereocenters. The lowest BCUT2D eigenvalue weighted by atomic mass is 10.1. The van der Waals surface area contributed by atoms with E-state index in [4.69, 9.17) is 5.73 Å². The van der Waals surface area contributed by atoms with Gasteiger partial charge in [0.05, 0.1) is 0 Å². The average molecular weight is 254 g/mol. The Bertz CT molecular complexity index is 561. The van der Waals surface area contributed by atoms with Crippen LogP contribution in [-0.2, 0) is 13.1 Å². The van der Waals surface area contributed by atoms with Gasteiger partial charge in [0.25, 0.3) is 0 Å². The number of rotatable bonds is 4. The van der Waals surface area contributed by atoms with Crippen molar-refractivity contribution in [3.63, 3.8) is 0 Å². The van der Waals surface area contributed by atoms with E-state index in [1.165, 1.54) is 16.7 Å². The molecule has 2 aromatic carbocycles. The second-order valence-electron chi connectivity index (χ2n) is 5.29. The summed E-state index contributed by atoms with van der Waals surface area (Å²) in [5, 5.41) is 0. The molecule has 19 heavy (non-hydrogen) atoms. The lowest BCUT2D eigenvalue weighted by Crippen LogP contribution is -2.18. The van der Waals surface area contributed by atoms with Crippen molar-refractivity contribution >= 4 is 5.69 Å². The predicted octanol–water partition coefficient (Wildman–Crippen LogP) is 3.52. The summed E-state index contributed by atoms with van der Waals surface area (Å²) in [6.07, 6.45) is 0. The van der Waals surface area contributed by atoms with E-state index in [1.54, 1.807) is 0 Å². The SMILES string of the molecule is Cc1ccc(CN(C)Cc2ccccc2C)cc1N. The summed E-state index contributed by atoms with van der Waals surface area (Å²) < 4.78 is 0. The molecule has 2 aromatic rings. The number of nitrogens with zero attached hydrogens (tertiary/aromatic N) is 1. The van der Waals surface area contributed by atoms with Gasteiger partial charge in [-0.3, -0.25) is 4.90 Å². The van der Waals surface area contributed by atoms with Crippen LogP contribution in [0.3, 0.4) is 0 Å². The molecule has 0 saturated carbocycles. The van der Waals surface area contributed by atoms with Gasteiger partial charge in [0, 0.05) is 18.8 Å². The molecule has 0 spiro atoms. The van der Waals surface area contributed by atoms with Crippen molar-refractivity contribution < 1.29 is 0 Å². The second-order valence-corrected chi connectivity index (χ2v) is 5.29. The van der Waals surface area contributed by atoms with E-state index in [0.717, 1.165) is 24.3 Å². The van der Waals surface area contributed by atoms with Crippen molar-refractivity contribution in [2.45, 2.75) is 26.9 Å². The third kappa shape index (κ3) is 3.58. The Morgan fingerprint density at radius 2 is 1.68 bits per heavy atom. The zero-order chi connectivity index (χ0) is 13.8. The van der Waals surface area contributed by atoms with Crippen LogP contribution in [0.25, 0.3) is 0 Å². The summed E-state index contributed by atoms with van der Waals surface area (Å²) in [5.74, 6) is 0. The largest absolute Gasteiger partial charge is 0.399 e. The molecule has 0 bridgehead atoms. The quantitative estimate of drug-likeness (QED) is 0.846. The highest BCUT2D eigenvalue weighted by Crippen LogP contribution is 2.16. The smallest absolute Gasteiger partial charge is 0.0346 e. The fourth-order valence-corrected chi connectivity index (χ4v) is 2.23. The van der Waals surface area contributed by atoms with E-state index >= 15 is 0 Å². The molecule has 2 N–H and O–H groups in total. The molecule has 2 heteroatoms. The van der Waals surface area contributed by atoms with Crippen LogP contribution < -0.4 is 5.73 Å². The zero-order valence-electron chi connectivity index (χ0n) is 12.0. The van der Waals surface area contributed by atoms with Gasteiger partial charge >= 0.3 is 0 Å². The Balaban J connectivity index is 2.03. The minimum absolute atomic E-state index is 0.877. The fourth-order valence-electron chi connectivity index (χ4n) is 2.23. The molecule has 0 aliphatic heterocycles. The van der Waals surface area contributed by atoms with Gasteiger partial charge < -0.3 is 5.73 Å². The Kier molecular flexibility index (Phi) is 4.23. The maximum atomic E-state index is 5.95. The van der Waals surface area contributed by atoms with E-state index in [0.29, 0.717) is 0 Å². The highest BCUT2D eigenvalue weighted by atomic mass is 15.1. The third-order valence-corrected chi connectivity index (χ3v) is 3.50. The molecule has 2 rings (SSSR count). The summed E-state index contributed by atoms with van der Waals surface area (Å²) in [4.78, 5) is 2.31. The topological polar surface area (TPSA) is 29.3 Å². The summed E-state index contributed by atoms with van der Waals surface area (Å²) in [6, 6.07) is 14.8. The van der Waals surface area contributed by atoms with Crippen LogP contribution in [0.15, 0.2) is 42.5 Å². The number of nitrogens with two attached hydrogens (primary N) is 1. The van der Waals surface area contributed by atoms with Crippen LogP contribution in [0.2, 0.25) is 0 Å². The second kappa shape index (κ2) is 5.89. The van der Waals surface area contributed by atoms with Crippen molar-refractivity contribution in [1.82, 2.24) is 4.90 Å². The zero-order valence-corrected chi connectivity index (χ0v) is 12.0. The van der Waals surface area contributed by atoms with Crippen LogP contribution in [0.1, 0.15) is 22.3 Å². The van der Waals surface area contributed by atoms with Crippen LogP contribution in [0.5, 0.6) is 0 Å². The molecule has 0 aliphatic carbocycles. The number of aryl methyl sites for hydroxylation is 2. The Hall–Kier alpha value is -1.80. The molecule has 0 unspecified atom stereocenters. The highest BCUT2D eigenvalue weighted by molar-refractivity contribution is 5.48. The first kappa shape index (κ1) is 13.6.